The van der Waals surface area contributed by atoms with Crippen LogP contribution in [0.15, 0.2) is 53.4 Å². The number of carbonyl (C=O) groups excluding carboxylic acids is 1. The Morgan fingerprint density at radius 2 is 1.76 bits per heavy atom. The number of benzene rings is 2. The summed E-state index contributed by atoms with van der Waals surface area (Å²) in [4.78, 5) is 23.9. The Bertz CT molecular complexity index is 812. The van der Waals surface area contributed by atoms with Crippen molar-refractivity contribution in [3.63, 3.8) is 0 Å². The summed E-state index contributed by atoms with van der Waals surface area (Å²) in [6.07, 6.45) is 1.74. The first-order valence-electron chi connectivity index (χ1n) is 9.50. The van der Waals surface area contributed by atoms with Crippen LogP contribution in [-0.4, -0.2) is 36.2 Å². The molecule has 156 valence electrons. The number of nitro groups is 1. The van der Waals surface area contributed by atoms with Gasteiger partial charge in [0.25, 0.3) is 0 Å². The van der Waals surface area contributed by atoms with E-state index in [1.165, 1.54) is 18.7 Å². The summed E-state index contributed by atoms with van der Waals surface area (Å²) >= 11 is 1.50. The summed E-state index contributed by atoms with van der Waals surface area (Å²) in [5.41, 5.74) is 1.02. The van der Waals surface area contributed by atoms with Crippen molar-refractivity contribution in [1.29, 1.82) is 0 Å². The van der Waals surface area contributed by atoms with E-state index in [1.807, 2.05) is 48.5 Å². The molecule has 2 atom stereocenters. The molecule has 0 saturated carbocycles. The highest BCUT2D eigenvalue weighted by Crippen LogP contribution is 2.33. The molecule has 0 bridgehead atoms. The van der Waals surface area contributed by atoms with Crippen molar-refractivity contribution in [2.24, 2.45) is 0 Å². The maximum absolute atomic E-state index is 11.8. The second-order valence-corrected chi connectivity index (χ2v) is 8.10. The Labute approximate surface area is 175 Å². The molecule has 0 aliphatic carbocycles. The van der Waals surface area contributed by atoms with E-state index in [0.717, 1.165) is 10.5 Å². The molecule has 0 aliphatic heterocycles. The standard InChI is InChI=1S/C22H27NO5S/c1-16(24)9-12-19(23(25)26)22(29-18-7-5-4-6-8-18)14-11-17-10-13-20(27-2)21(15-17)28-3/h4-8,10,13,15,19,22H,9,11-12,14H2,1-3H3. The van der Waals surface area contributed by atoms with Crippen LogP contribution < -0.4 is 9.47 Å². The molecule has 0 aromatic heterocycles. The zero-order valence-electron chi connectivity index (χ0n) is 17.0. The molecule has 6 nitrogen and oxygen atoms in total. The van der Waals surface area contributed by atoms with Crippen LogP contribution in [0.1, 0.15) is 31.7 Å². The SMILES string of the molecule is COc1ccc(CCC(Sc2ccccc2)C(CCC(C)=O)[N+](=O)[O-])cc1OC. The number of ether oxygens (including phenoxy) is 2. The smallest absolute Gasteiger partial charge is 0.225 e. The summed E-state index contributed by atoms with van der Waals surface area (Å²) in [6, 6.07) is 14.6. The van der Waals surface area contributed by atoms with Gasteiger partial charge in [0.2, 0.25) is 6.04 Å². The first-order chi connectivity index (χ1) is 13.9. The Morgan fingerprint density at radius 1 is 1.07 bits per heavy atom. The van der Waals surface area contributed by atoms with E-state index >= 15 is 0 Å². The zero-order valence-corrected chi connectivity index (χ0v) is 17.8. The fraction of sp³-hybridized carbons (Fsp3) is 0.409. The van der Waals surface area contributed by atoms with E-state index in [0.29, 0.717) is 24.3 Å². The van der Waals surface area contributed by atoms with Gasteiger partial charge in [-0.2, -0.15) is 0 Å². The summed E-state index contributed by atoms with van der Waals surface area (Å²) in [5, 5.41) is 11.5. The van der Waals surface area contributed by atoms with E-state index in [1.54, 1.807) is 14.2 Å². The van der Waals surface area contributed by atoms with Gasteiger partial charge in [0.1, 0.15) is 5.78 Å². The van der Waals surface area contributed by atoms with Gasteiger partial charge in [-0.25, -0.2) is 0 Å². The monoisotopic (exact) mass is 417 g/mol. The summed E-state index contributed by atoms with van der Waals surface area (Å²) in [5.74, 6) is 1.26. The highest BCUT2D eigenvalue weighted by atomic mass is 32.2. The molecule has 0 aliphatic rings. The number of carbonyl (C=O) groups is 1. The van der Waals surface area contributed by atoms with Gasteiger partial charge in [-0.05, 0) is 49.6 Å². The summed E-state index contributed by atoms with van der Waals surface area (Å²) in [7, 11) is 3.17. The number of aryl methyl sites for hydroxylation is 1. The number of nitrogens with zero attached hydrogens (tertiary/aromatic N) is 1. The van der Waals surface area contributed by atoms with Gasteiger partial charge in [-0.1, -0.05) is 24.3 Å². The van der Waals surface area contributed by atoms with Crippen molar-refractivity contribution in [2.45, 2.75) is 48.8 Å². The fourth-order valence-electron chi connectivity index (χ4n) is 3.13. The number of thioether (sulfide) groups is 1. The Morgan fingerprint density at radius 3 is 2.34 bits per heavy atom. The topological polar surface area (TPSA) is 78.7 Å². The van der Waals surface area contributed by atoms with Crippen LogP contribution in [0.5, 0.6) is 11.5 Å². The highest BCUT2D eigenvalue weighted by Gasteiger charge is 2.32. The number of hydrogen-bond donors (Lipinski definition) is 0. The molecular weight excluding hydrogens is 390 g/mol. The minimum absolute atomic E-state index is 0.0276. The first-order valence-corrected chi connectivity index (χ1v) is 10.4. The summed E-state index contributed by atoms with van der Waals surface area (Å²) in [6.45, 7) is 1.47. The predicted octanol–water partition coefficient (Wildman–Crippen LogP) is 4.81. The van der Waals surface area contributed by atoms with Crippen molar-refractivity contribution in [1.82, 2.24) is 0 Å². The summed E-state index contributed by atoms with van der Waals surface area (Å²) < 4.78 is 10.6. The quantitative estimate of drug-likeness (QED) is 0.280. The van der Waals surface area contributed by atoms with Gasteiger partial charge in [0.15, 0.2) is 11.5 Å². The average molecular weight is 418 g/mol. The lowest BCUT2D eigenvalue weighted by molar-refractivity contribution is -0.522. The molecule has 0 heterocycles. The third-order valence-corrected chi connectivity index (χ3v) is 6.09. The lowest BCUT2D eigenvalue weighted by Crippen LogP contribution is -2.32. The molecule has 2 aromatic carbocycles. The van der Waals surface area contributed by atoms with Crippen LogP contribution in [0.3, 0.4) is 0 Å². The van der Waals surface area contributed by atoms with Gasteiger partial charge in [0, 0.05) is 22.7 Å². The van der Waals surface area contributed by atoms with Gasteiger partial charge < -0.3 is 14.3 Å². The van der Waals surface area contributed by atoms with Gasteiger partial charge >= 0.3 is 0 Å². The third-order valence-electron chi connectivity index (χ3n) is 4.69. The molecule has 0 saturated heterocycles. The second kappa shape index (κ2) is 11.5. The van der Waals surface area contributed by atoms with Crippen LogP contribution in [-0.2, 0) is 11.2 Å². The van der Waals surface area contributed by atoms with Crippen molar-refractivity contribution < 1.29 is 19.2 Å². The molecule has 2 rings (SSSR count). The van der Waals surface area contributed by atoms with Gasteiger partial charge in [-0.3, -0.25) is 10.1 Å². The molecule has 0 amide bonds. The lowest BCUT2D eigenvalue weighted by Gasteiger charge is -2.21. The fourth-order valence-corrected chi connectivity index (χ4v) is 4.42. The Balaban J connectivity index is 2.19. The predicted molar refractivity (Wildman–Crippen MR) is 115 cm³/mol. The third kappa shape index (κ3) is 7.09. The maximum atomic E-state index is 11.8. The van der Waals surface area contributed by atoms with Crippen molar-refractivity contribution in [3.8, 4) is 11.5 Å². The number of Topliss-reactive ketones (excluding diaryl/α,β-unsaturated/α-hetero) is 1. The second-order valence-electron chi connectivity index (χ2n) is 6.79. The number of rotatable bonds is 12. The number of ketones is 1. The molecule has 0 spiro atoms. The van der Waals surface area contributed by atoms with E-state index < -0.39 is 6.04 Å². The van der Waals surface area contributed by atoms with E-state index in [-0.39, 0.29) is 28.8 Å². The van der Waals surface area contributed by atoms with Crippen molar-refractivity contribution in [2.75, 3.05) is 14.2 Å². The minimum atomic E-state index is -0.788. The Hall–Kier alpha value is -2.54. The molecule has 0 radical (unpaired) electrons. The molecule has 0 fully saturated rings. The molecule has 2 unspecified atom stereocenters. The lowest BCUT2D eigenvalue weighted by atomic mass is 10.0. The van der Waals surface area contributed by atoms with Crippen LogP contribution in [0, 0.1) is 10.1 Å². The molecule has 7 heteroatoms. The molecule has 0 N–H and O–H groups in total. The number of hydrogen-bond acceptors (Lipinski definition) is 6. The van der Waals surface area contributed by atoms with Crippen molar-refractivity contribution in [3.05, 3.63) is 64.2 Å². The largest absolute Gasteiger partial charge is 0.493 e. The Kier molecular flexibility index (Phi) is 8.99. The molecule has 2 aromatic rings. The number of methoxy groups -OCH3 is 2. The van der Waals surface area contributed by atoms with E-state index in [4.69, 9.17) is 9.47 Å². The molecule has 29 heavy (non-hydrogen) atoms. The van der Waals surface area contributed by atoms with Crippen LogP contribution in [0.4, 0.5) is 0 Å². The van der Waals surface area contributed by atoms with Gasteiger partial charge in [-0.15, -0.1) is 11.8 Å². The first kappa shape index (κ1) is 22.7. The minimum Gasteiger partial charge on any atom is -0.493 e. The van der Waals surface area contributed by atoms with Crippen molar-refractivity contribution >= 4 is 17.5 Å². The maximum Gasteiger partial charge on any atom is 0.225 e. The van der Waals surface area contributed by atoms with Crippen LogP contribution >= 0.6 is 11.8 Å². The van der Waals surface area contributed by atoms with Crippen LogP contribution in [0.2, 0.25) is 0 Å². The highest BCUT2D eigenvalue weighted by molar-refractivity contribution is 8.00. The van der Waals surface area contributed by atoms with Gasteiger partial charge in [0.05, 0.1) is 19.5 Å². The normalized spacial score (nSPS) is 12.8. The molecular formula is C22H27NO5S. The van der Waals surface area contributed by atoms with E-state index in [9.17, 15) is 14.9 Å². The average Bonchev–Trinajstić information content (AvgIpc) is 2.71. The van der Waals surface area contributed by atoms with E-state index in [2.05, 4.69) is 0 Å². The van der Waals surface area contributed by atoms with Crippen LogP contribution in [0.25, 0.3) is 0 Å². The zero-order chi connectivity index (χ0) is 21.2.